The molecule has 2 aromatic rings. The molecule has 0 radical (unpaired) electrons. The Morgan fingerprint density at radius 2 is 2.20 bits per heavy atom. The number of methoxy groups -OCH3 is 1. The average molecular weight is 295 g/mol. The first-order valence-electron chi connectivity index (χ1n) is 6.24. The zero-order chi connectivity index (χ0) is 14.5. The topological polar surface area (TPSA) is 71.2 Å². The second-order valence-electron chi connectivity index (χ2n) is 4.32. The normalized spacial score (nSPS) is 10.5. The van der Waals surface area contributed by atoms with E-state index in [0.717, 1.165) is 10.9 Å². The van der Waals surface area contributed by atoms with E-state index in [-0.39, 0.29) is 18.3 Å². The summed E-state index contributed by atoms with van der Waals surface area (Å²) in [5.41, 5.74) is 1.19. The molecule has 0 atom stereocenters. The molecule has 20 heavy (non-hydrogen) atoms. The number of carbonyl (C=O) groups excluding carboxylic acids is 2. The molecule has 1 aromatic carbocycles. The Labute approximate surface area is 121 Å². The number of fused-ring (bicyclic) bond motifs is 1. The maximum atomic E-state index is 11.9. The fourth-order valence-corrected chi connectivity index (χ4v) is 2.10. The van der Waals surface area contributed by atoms with Crippen LogP contribution in [0.15, 0.2) is 24.3 Å². The van der Waals surface area contributed by atoms with E-state index in [1.807, 2.05) is 12.1 Å². The van der Waals surface area contributed by atoms with Gasteiger partial charge in [-0.15, -0.1) is 0 Å². The van der Waals surface area contributed by atoms with Crippen LogP contribution in [-0.2, 0) is 9.53 Å². The lowest BCUT2D eigenvalue weighted by atomic mass is 10.2. The van der Waals surface area contributed by atoms with E-state index >= 15 is 0 Å². The first-order valence-corrected chi connectivity index (χ1v) is 6.62. The summed E-state index contributed by atoms with van der Waals surface area (Å²) in [4.78, 5) is 25.9. The lowest BCUT2D eigenvalue weighted by Gasteiger charge is -2.02. The van der Waals surface area contributed by atoms with Gasteiger partial charge in [0.15, 0.2) is 0 Å². The van der Waals surface area contributed by atoms with E-state index in [0.29, 0.717) is 23.7 Å². The molecule has 2 N–H and O–H groups in total. The number of aromatic nitrogens is 1. The Kier molecular flexibility index (Phi) is 4.63. The molecule has 0 aliphatic carbocycles. The van der Waals surface area contributed by atoms with Crippen LogP contribution in [0.4, 0.5) is 0 Å². The van der Waals surface area contributed by atoms with Gasteiger partial charge in [-0.1, -0.05) is 23.7 Å². The van der Waals surface area contributed by atoms with Crippen LogP contribution in [0, 0.1) is 0 Å². The minimum atomic E-state index is -0.281. The number of aromatic amines is 1. The second-order valence-corrected chi connectivity index (χ2v) is 4.73. The molecule has 6 heteroatoms. The fourth-order valence-electron chi connectivity index (χ4n) is 1.87. The Morgan fingerprint density at radius 1 is 1.40 bits per heavy atom. The van der Waals surface area contributed by atoms with Crippen molar-refractivity contribution in [3.8, 4) is 0 Å². The van der Waals surface area contributed by atoms with Crippen molar-refractivity contribution in [1.82, 2.24) is 10.3 Å². The molecular formula is C14H15ClN2O3. The first kappa shape index (κ1) is 14.4. The summed E-state index contributed by atoms with van der Waals surface area (Å²) in [7, 11) is 1.34. The average Bonchev–Trinajstić information content (AvgIpc) is 2.88. The molecule has 0 saturated carbocycles. The van der Waals surface area contributed by atoms with E-state index in [4.69, 9.17) is 11.6 Å². The van der Waals surface area contributed by atoms with Crippen LogP contribution in [0.3, 0.4) is 0 Å². The lowest BCUT2D eigenvalue weighted by molar-refractivity contribution is -0.140. The van der Waals surface area contributed by atoms with E-state index in [2.05, 4.69) is 15.0 Å². The molecule has 0 spiro atoms. The summed E-state index contributed by atoms with van der Waals surface area (Å²) in [5, 5.41) is 4.20. The van der Waals surface area contributed by atoms with Crippen molar-refractivity contribution in [2.24, 2.45) is 0 Å². The van der Waals surface area contributed by atoms with E-state index < -0.39 is 0 Å². The zero-order valence-corrected chi connectivity index (χ0v) is 11.8. The minimum absolute atomic E-state index is 0.220. The number of para-hydroxylation sites is 1. The summed E-state index contributed by atoms with van der Waals surface area (Å²) in [6, 6.07) is 7.22. The number of esters is 1. The Balaban J connectivity index is 1.94. The number of H-pyrrole nitrogens is 1. The third kappa shape index (κ3) is 3.30. The highest BCUT2D eigenvalue weighted by Crippen LogP contribution is 2.23. The molecule has 2 rings (SSSR count). The molecule has 1 heterocycles. The van der Waals surface area contributed by atoms with Gasteiger partial charge in [-0.25, -0.2) is 0 Å². The predicted octanol–water partition coefficient (Wildman–Crippen LogP) is 2.50. The summed E-state index contributed by atoms with van der Waals surface area (Å²) < 4.78 is 4.52. The number of benzene rings is 1. The molecule has 0 aliphatic rings. The standard InChI is InChI=1S/C14H15ClN2O3/c1-20-12(18)6-3-7-16-14(19)11-8-9-4-2-5-10(15)13(9)17-11/h2,4-5,8,17H,3,6-7H2,1H3,(H,16,19). The minimum Gasteiger partial charge on any atom is -0.469 e. The van der Waals surface area contributed by atoms with Gasteiger partial charge in [-0.2, -0.15) is 0 Å². The van der Waals surface area contributed by atoms with Gasteiger partial charge in [0.1, 0.15) is 5.69 Å². The maximum Gasteiger partial charge on any atom is 0.305 e. The molecule has 106 valence electrons. The van der Waals surface area contributed by atoms with Crippen molar-refractivity contribution >= 4 is 34.4 Å². The van der Waals surface area contributed by atoms with Crippen molar-refractivity contribution in [3.63, 3.8) is 0 Å². The van der Waals surface area contributed by atoms with Crippen molar-refractivity contribution in [1.29, 1.82) is 0 Å². The number of rotatable bonds is 5. The van der Waals surface area contributed by atoms with Gasteiger partial charge in [0.25, 0.3) is 5.91 Å². The van der Waals surface area contributed by atoms with Gasteiger partial charge in [0.05, 0.1) is 17.6 Å². The summed E-state index contributed by atoms with van der Waals surface area (Å²) in [6.45, 7) is 0.414. The van der Waals surface area contributed by atoms with Crippen LogP contribution in [0.25, 0.3) is 10.9 Å². The molecular weight excluding hydrogens is 280 g/mol. The quantitative estimate of drug-likeness (QED) is 0.657. The van der Waals surface area contributed by atoms with E-state index in [1.54, 1.807) is 12.1 Å². The molecule has 0 unspecified atom stereocenters. The highest BCUT2D eigenvalue weighted by atomic mass is 35.5. The monoisotopic (exact) mass is 294 g/mol. The van der Waals surface area contributed by atoms with Gasteiger partial charge < -0.3 is 15.0 Å². The van der Waals surface area contributed by atoms with Gasteiger partial charge in [0, 0.05) is 18.4 Å². The molecule has 1 aromatic heterocycles. The second kappa shape index (κ2) is 6.43. The molecule has 0 bridgehead atoms. The number of hydrogen-bond donors (Lipinski definition) is 2. The summed E-state index contributed by atoms with van der Waals surface area (Å²) >= 11 is 6.04. The zero-order valence-electron chi connectivity index (χ0n) is 11.0. The van der Waals surface area contributed by atoms with Crippen molar-refractivity contribution < 1.29 is 14.3 Å². The largest absolute Gasteiger partial charge is 0.469 e. The number of carbonyl (C=O) groups is 2. The number of halogens is 1. The number of ether oxygens (including phenoxy) is 1. The Morgan fingerprint density at radius 3 is 2.90 bits per heavy atom. The van der Waals surface area contributed by atoms with Gasteiger partial charge in [0.2, 0.25) is 0 Å². The van der Waals surface area contributed by atoms with Gasteiger partial charge in [-0.3, -0.25) is 9.59 Å². The SMILES string of the molecule is COC(=O)CCCNC(=O)c1cc2cccc(Cl)c2[nH]1. The Hall–Kier alpha value is -2.01. The number of hydrogen-bond acceptors (Lipinski definition) is 3. The fraction of sp³-hybridized carbons (Fsp3) is 0.286. The maximum absolute atomic E-state index is 11.9. The van der Waals surface area contributed by atoms with Crippen molar-refractivity contribution in [2.75, 3.05) is 13.7 Å². The molecule has 0 aliphatic heterocycles. The van der Waals surface area contributed by atoms with E-state index in [1.165, 1.54) is 7.11 Å². The molecule has 0 saturated heterocycles. The third-order valence-electron chi connectivity index (χ3n) is 2.92. The molecule has 0 fully saturated rings. The first-order chi connectivity index (χ1) is 9.61. The van der Waals surface area contributed by atoms with Gasteiger partial charge >= 0.3 is 5.97 Å². The van der Waals surface area contributed by atoms with Crippen LogP contribution in [0.2, 0.25) is 5.02 Å². The van der Waals surface area contributed by atoms with Crippen LogP contribution >= 0.6 is 11.6 Å². The van der Waals surface area contributed by atoms with Crippen LogP contribution in [0.5, 0.6) is 0 Å². The number of nitrogens with one attached hydrogen (secondary N) is 2. The lowest BCUT2D eigenvalue weighted by Crippen LogP contribution is -2.25. The van der Waals surface area contributed by atoms with Crippen LogP contribution in [0.1, 0.15) is 23.3 Å². The van der Waals surface area contributed by atoms with Crippen molar-refractivity contribution in [3.05, 3.63) is 35.0 Å². The molecule has 1 amide bonds. The van der Waals surface area contributed by atoms with Crippen LogP contribution < -0.4 is 5.32 Å². The van der Waals surface area contributed by atoms with E-state index in [9.17, 15) is 9.59 Å². The highest BCUT2D eigenvalue weighted by molar-refractivity contribution is 6.35. The van der Waals surface area contributed by atoms with Gasteiger partial charge in [-0.05, 0) is 18.6 Å². The molecule has 5 nitrogen and oxygen atoms in total. The van der Waals surface area contributed by atoms with Crippen molar-refractivity contribution in [2.45, 2.75) is 12.8 Å². The Bertz CT molecular complexity index is 636. The summed E-state index contributed by atoms with van der Waals surface area (Å²) in [6.07, 6.45) is 0.828. The predicted molar refractivity (Wildman–Crippen MR) is 76.9 cm³/mol. The smallest absolute Gasteiger partial charge is 0.305 e. The van der Waals surface area contributed by atoms with Crippen LogP contribution in [-0.4, -0.2) is 30.5 Å². The number of amides is 1. The highest BCUT2D eigenvalue weighted by Gasteiger charge is 2.10. The third-order valence-corrected chi connectivity index (χ3v) is 3.24. The summed E-state index contributed by atoms with van der Waals surface area (Å²) in [5.74, 6) is -0.501.